The van der Waals surface area contributed by atoms with Gasteiger partial charge >= 0.3 is 0 Å². The second-order valence-corrected chi connectivity index (χ2v) is 5.80. The molecule has 0 aliphatic rings. The fraction of sp³-hybridized carbons (Fsp3) is 0.375. The Labute approximate surface area is 127 Å². The van der Waals surface area contributed by atoms with Crippen molar-refractivity contribution >= 4 is 27.2 Å². The maximum Gasteiger partial charge on any atom is 0.173 e. The highest BCUT2D eigenvalue weighted by molar-refractivity contribution is 7.20. The zero-order valence-corrected chi connectivity index (χ0v) is 12.7. The van der Waals surface area contributed by atoms with E-state index in [2.05, 4.69) is 0 Å². The summed E-state index contributed by atoms with van der Waals surface area (Å²) in [6.07, 6.45) is 1.93. The average Bonchev–Trinajstić information content (AvgIpc) is 2.92. The number of aliphatic hydroxyl groups excluding tert-OH is 1. The topological polar surface area (TPSA) is 70.3 Å². The quantitative estimate of drug-likeness (QED) is 0.797. The van der Waals surface area contributed by atoms with Crippen LogP contribution in [0.15, 0.2) is 18.2 Å². The average molecular weight is 303 g/mol. The third-order valence-corrected chi connectivity index (χ3v) is 4.40. The molecule has 0 saturated heterocycles. The molecule has 1 aromatic heterocycles. The van der Waals surface area contributed by atoms with E-state index in [9.17, 15) is 4.79 Å². The maximum absolute atomic E-state index is 12.0. The highest BCUT2D eigenvalue weighted by Gasteiger charge is 2.13. The van der Waals surface area contributed by atoms with E-state index in [1.165, 1.54) is 11.3 Å². The summed E-state index contributed by atoms with van der Waals surface area (Å²) in [7, 11) is 1.62. The number of thiophene rings is 1. The van der Waals surface area contributed by atoms with Crippen molar-refractivity contribution in [3.63, 3.8) is 0 Å². The van der Waals surface area contributed by atoms with Crippen LogP contribution in [0, 0.1) is 11.3 Å². The van der Waals surface area contributed by atoms with Gasteiger partial charge in [0.15, 0.2) is 5.78 Å². The number of methoxy groups -OCH3 is 1. The Morgan fingerprint density at radius 1 is 1.43 bits per heavy atom. The van der Waals surface area contributed by atoms with E-state index in [1.54, 1.807) is 7.11 Å². The normalized spacial score (nSPS) is 10.5. The van der Waals surface area contributed by atoms with Crippen LogP contribution in [0.3, 0.4) is 0 Å². The van der Waals surface area contributed by atoms with Crippen LogP contribution in [0.4, 0.5) is 0 Å². The minimum atomic E-state index is 0.00799. The van der Waals surface area contributed by atoms with E-state index in [1.807, 2.05) is 24.3 Å². The number of carbonyl (C=O) groups excluding carboxylic acids is 1. The molecule has 0 aliphatic heterocycles. The van der Waals surface area contributed by atoms with Crippen LogP contribution in [0.1, 0.15) is 34.5 Å². The molecular formula is C16H17NO3S. The summed E-state index contributed by atoms with van der Waals surface area (Å²) in [5.41, 5.74) is 1.04. The van der Waals surface area contributed by atoms with E-state index in [0.29, 0.717) is 11.3 Å². The van der Waals surface area contributed by atoms with Gasteiger partial charge in [-0.2, -0.15) is 5.26 Å². The van der Waals surface area contributed by atoms with Gasteiger partial charge < -0.3 is 9.84 Å². The molecule has 0 radical (unpaired) electrons. The Balaban J connectivity index is 2.34. The SMILES string of the molecule is COc1cc2sc(C(=O)CCC#N)cc2cc1CCCO. The van der Waals surface area contributed by atoms with Crippen LogP contribution < -0.4 is 4.74 Å². The van der Waals surface area contributed by atoms with E-state index < -0.39 is 0 Å². The number of aryl methyl sites for hydroxylation is 1. The molecule has 2 aromatic rings. The van der Waals surface area contributed by atoms with Crippen LogP contribution in [0.25, 0.3) is 10.1 Å². The molecular weight excluding hydrogens is 286 g/mol. The Kier molecular flexibility index (Phi) is 5.32. The van der Waals surface area contributed by atoms with Crippen LogP contribution >= 0.6 is 11.3 Å². The number of aliphatic hydroxyl groups is 1. The molecule has 5 heteroatoms. The summed E-state index contributed by atoms with van der Waals surface area (Å²) in [6.45, 7) is 0.142. The van der Waals surface area contributed by atoms with E-state index in [-0.39, 0.29) is 25.2 Å². The number of rotatable bonds is 7. The first-order chi connectivity index (χ1) is 10.2. The molecule has 110 valence electrons. The summed E-state index contributed by atoms with van der Waals surface area (Å²) >= 11 is 1.43. The second kappa shape index (κ2) is 7.21. The van der Waals surface area contributed by atoms with Crippen molar-refractivity contribution in [3.05, 3.63) is 28.6 Å². The molecule has 0 spiro atoms. The highest BCUT2D eigenvalue weighted by Crippen LogP contribution is 2.33. The molecule has 0 aliphatic carbocycles. The van der Waals surface area contributed by atoms with Gasteiger partial charge in [-0.15, -0.1) is 11.3 Å². The van der Waals surface area contributed by atoms with Gasteiger partial charge in [0.05, 0.1) is 18.1 Å². The number of Topliss-reactive ketones (excluding diaryl/α,β-unsaturated/α-hetero) is 1. The number of carbonyl (C=O) groups is 1. The van der Waals surface area contributed by atoms with Gasteiger partial charge in [-0.05, 0) is 42.0 Å². The number of nitrogens with zero attached hydrogens (tertiary/aromatic N) is 1. The van der Waals surface area contributed by atoms with Crippen molar-refractivity contribution in [1.29, 1.82) is 5.26 Å². The number of benzene rings is 1. The van der Waals surface area contributed by atoms with Crippen molar-refractivity contribution in [1.82, 2.24) is 0 Å². The Morgan fingerprint density at radius 2 is 2.24 bits per heavy atom. The van der Waals surface area contributed by atoms with Gasteiger partial charge in [-0.25, -0.2) is 0 Å². The number of ether oxygens (including phenoxy) is 1. The van der Waals surface area contributed by atoms with Crippen molar-refractivity contribution in [2.45, 2.75) is 25.7 Å². The third kappa shape index (κ3) is 3.60. The molecule has 0 saturated carbocycles. The zero-order valence-electron chi connectivity index (χ0n) is 11.9. The molecule has 2 rings (SSSR count). The van der Waals surface area contributed by atoms with Crippen molar-refractivity contribution < 1.29 is 14.6 Å². The number of hydrogen-bond donors (Lipinski definition) is 1. The summed E-state index contributed by atoms with van der Waals surface area (Å²) in [5, 5.41) is 18.5. The Morgan fingerprint density at radius 3 is 2.90 bits per heavy atom. The second-order valence-electron chi connectivity index (χ2n) is 4.72. The predicted molar refractivity (Wildman–Crippen MR) is 83.0 cm³/mol. The number of nitriles is 1. The number of fused-ring (bicyclic) bond motifs is 1. The monoisotopic (exact) mass is 303 g/mol. The molecule has 0 atom stereocenters. The van der Waals surface area contributed by atoms with Gasteiger partial charge in [-0.3, -0.25) is 4.79 Å². The number of hydrogen-bond acceptors (Lipinski definition) is 5. The molecule has 21 heavy (non-hydrogen) atoms. The van der Waals surface area contributed by atoms with E-state index >= 15 is 0 Å². The predicted octanol–water partition coefficient (Wildman–Crippen LogP) is 3.32. The minimum Gasteiger partial charge on any atom is -0.496 e. The summed E-state index contributed by atoms with van der Waals surface area (Å²) in [5.74, 6) is 0.794. The maximum atomic E-state index is 12.0. The lowest BCUT2D eigenvalue weighted by atomic mass is 10.1. The number of ketones is 1. The molecule has 0 fully saturated rings. The Bertz CT molecular complexity index is 685. The first-order valence-corrected chi connectivity index (χ1v) is 7.62. The Hall–Kier alpha value is -1.90. The van der Waals surface area contributed by atoms with E-state index in [0.717, 1.165) is 27.8 Å². The lowest BCUT2D eigenvalue weighted by molar-refractivity contribution is 0.0988. The lowest BCUT2D eigenvalue weighted by Crippen LogP contribution is -1.94. The first kappa shape index (κ1) is 15.5. The fourth-order valence-electron chi connectivity index (χ4n) is 2.20. The van der Waals surface area contributed by atoms with Crippen molar-refractivity contribution in [2.75, 3.05) is 13.7 Å². The van der Waals surface area contributed by atoms with Crippen LogP contribution in [-0.4, -0.2) is 24.6 Å². The van der Waals surface area contributed by atoms with Crippen LogP contribution in [-0.2, 0) is 6.42 Å². The van der Waals surface area contributed by atoms with Gasteiger partial charge in [-0.1, -0.05) is 0 Å². The highest BCUT2D eigenvalue weighted by atomic mass is 32.1. The molecule has 1 N–H and O–H groups in total. The van der Waals surface area contributed by atoms with Gasteiger partial charge in [0.2, 0.25) is 0 Å². The molecule has 0 bridgehead atoms. The van der Waals surface area contributed by atoms with Crippen LogP contribution in [0.2, 0.25) is 0 Å². The smallest absolute Gasteiger partial charge is 0.173 e. The largest absolute Gasteiger partial charge is 0.496 e. The molecule has 1 aromatic carbocycles. The first-order valence-electron chi connectivity index (χ1n) is 6.81. The summed E-state index contributed by atoms with van der Waals surface area (Å²) in [6, 6.07) is 7.82. The zero-order chi connectivity index (χ0) is 15.2. The minimum absolute atomic E-state index is 0.00799. The van der Waals surface area contributed by atoms with Gasteiger partial charge in [0.25, 0.3) is 0 Å². The lowest BCUT2D eigenvalue weighted by Gasteiger charge is -2.07. The molecule has 4 nitrogen and oxygen atoms in total. The third-order valence-electron chi connectivity index (χ3n) is 3.26. The fourth-order valence-corrected chi connectivity index (χ4v) is 3.24. The van der Waals surface area contributed by atoms with Gasteiger partial charge in [0.1, 0.15) is 5.75 Å². The molecule has 0 amide bonds. The standard InChI is InChI=1S/C16H17NO3S/c1-20-14-10-15-12(8-11(14)4-3-7-18)9-16(21-15)13(19)5-2-6-17/h8-10,18H,2-5,7H2,1H3. The molecule has 0 unspecified atom stereocenters. The van der Waals surface area contributed by atoms with Crippen molar-refractivity contribution in [3.8, 4) is 11.8 Å². The summed E-state index contributed by atoms with van der Waals surface area (Å²) in [4.78, 5) is 12.7. The summed E-state index contributed by atoms with van der Waals surface area (Å²) < 4.78 is 6.38. The van der Waals surface area contributed by atoms with E-state index in [4.69, 9.17) is 15.1 Å². The van der Waals surface area contributed by atoms with Gasteiger partial charge in [0, 0.05) is 24.1 Å². The van der Waals surface area contributed by atoms with Crippen molar-refractivity contribution in [2.24, 2.45) is 0 Å². The van der Waals surface area contributed by atoms with Crippen LogP contribution in [0.5, 0.6) is 5.75 Å². The molecule has 1 heterocycles.